The third-order valence-electron chi connectivity index (χ3n) is 2.64. The molecule has 1 aromatic rings. The molecule has 0 aliphatic carbocycles. The van der Waals surface area contributed by atoms with E-state index >= 15 is 0 Å². The fourth-order valence-electron chi connectivity index (χ4n) is 1.70. The maximum absolute atomic E-state index is 12.3. The third kappa shape index (κ3) is 4.87. The number of hydrogen-bond acceptors (Lipinski definition) is 4. The van der Waals surface area contributed by atoms with Crippen LogP contribution >= 0.6 is 0 Å². The first kappa shape index (κ1) is 15.4. The molecular formula is C14H23N3O2. The van der Waals surface area contributed by atoms with Crippen LogP contribution in [-0.4, -0.2) is 48.6 Å². The minimum absolute atomic E-state index is 0.0630. The Morgan fingerprint density at radius 3 is 2.79 bits per heavy atom. The van der Waals surface area contributed by atoms with Crippen LogP contribution in [-0.2, 0) is 4.74 Å². The SMILES string of the molecule is CCN(CCOC)C(=O)c1cccc(NC(C)C)n1. The van der Waals surface area contributed by atoms with Gasteiger partial charge in [0.05, 0.1) is 6.61 Å². The molecular weight excluding hydrogens is 242 g/mol. The molecule has 1 N–H and O–H groups in total. The van der Waals surface area contributed by atoms with Crippen molar-refractivity contribution in [3.05, 3.63) is 23.9 Å². The molecule has 1 amide bonds. The number of ether oxygens (including phenoxy) is 1. The maximum Gasteiger partial charge on any atom is 0.272 e. The zero-order valence-electron chi connectivity index (χ0n) is 12.1. The van der Waals surface area contributed by atoms with Crippen LogP contribution in [0.25, 0.3) is 0 Å². The fraction of sp³-hybridized carbons (Fsp3) is 0.571. The van der Waals surface area contributed by atoms with Crippen LogP contribution in [0.3, 0.4) is 0 Å². The molecule has 0 aliphatic heterocycles. The van der Waals surface area contributed by atoms with Gasteiger partial charge in [-0.2, -0.15) is 0 Å². The van der Waals surface area contributed by atoms with Crippen molar-refractivity contribution in [2.24, 2.45) is 0 Å². The number of carbonyl (C=O) groups is 1. The van der Waals surface area contributed by atoms with E-state index < -0.39 is 0 Å². The molecule has 0 unspecified atom stereocenters. The molecule has 0 radical (unpaired) electrons. The van der Waals surface area contributed by atoms with E-state index in [0.717, 1.165) is 5.82 Å². The fourth-order valence-corrected chi connectivity index (χ4v) is 1.70. The second-order valence-electron chi connectivity index (χ2n) is 4.58. The summed E-state index contributed by atoms with van der Waals surface area (Å²) in [4.78, 5) is 18.4. The number of anilines is 1. The van der Waals surface area contributed by atoms with Crippen molar-refractivity contribution in [1.29, 1.82) is 0 Å². The smallest absolute Gasteiger partial charge is 0.272 e. The highest BCUT2D eigenvalue weighted by Crippen LogP contribution is 2.09. The quantitative estimate of drug-likeness (QED) is 0.819. The number of likely N-dealkylation sites (N-methyl/N-ethyl adjacent to an activating group) is 1. The van der Waals surface area contributed by atoms with Gasteiger partial charge in [-0.25, -0.2) is 4.98 Å². The predicted molar refractivity (Wildman–Crippen MR) is 76.4 cm³/mol. The Kier molecular flexibility index (Phi) is 6.29. The summed E-state index contributed by atoms with van der Waals surface area (Å²) in [5.41, 5.74) is 0.462. The summed E-state index contributed by atoms with van der Waals surface area (Å²) >= 11 is 0. The molecule has 0 fully saturated rings. The summed E-state index contributed by atoms with van der Waals surface area (Å²) in [7, 11) is 1.63. The van der Waals surface area contributed by atoms with Gasteiger partial charge in [0.2, 0.25) is 0 Å². The van der Waals surface area contributed by atoms with Gasteiger partial charge in [-0.15, -0.1) is 0 Å². The van der Waals surface area contributed by atoms with E-state index in [9.17, 15) is 4.79 Å². The van der Waals surface area contributed by atoms with E-state index in [4.69, 9.17) is 4.74 Å². The number of amides is 1. The first-order valence-electron chi connectivity index (χ1n) is 6.60. The van der Waals surface area contributed by atoms with E-state index in [2.05, 4.69) is 10.3 Å². The Balaban J connectivity index is 2.79. The van der Waals surface area contributed by atoms with Crippen LogP contribution < -0.4 is 5.32 Å². The van der Waals surface area contributed by atoms with Crippen molar-refractivity contribution in [2.75, 3.05) is 32.1 Å². The first-order chi connectivity index (χ1) is 9.08. The van der Waals surface area contributed by atoms with Gasteiger partial charge >= 0.3 is 0 Å². The highest BCUT2D eigenvalue weighted by atomic mass is 16.5. The molecule has 1 aromatic heterocycles. The number of nitrogens with one attached hydrogen (secondary N) is 1. The largest absolute Gasteiger partial charge is 0.383 e. The number of aromatic nitrogens is 1. The zero-order valence-corrected chi connectivity index (χ0v) is 12.1. The molecule has 19 heavy (non-hydrogen) atoms. The van der Waals surface area contributed by atoms with Crippen molar-refractivity contribution in [3.63, 3.8) is 0 Å². The molecule has 0 aromatic carbocycles. The molecule has 5 heteroatoms. The van der Waals surface area contributed by atoms with E-state index in [1.165, 1.54) is 0 Å². The number of carbonyl (C=O) groups excluding carboxylic acids is 1. The summed E-state index contributed by atoms with van der Waals surface area (Å²) in [6.07, 6.45) is 0. The number of pyridine rings is 1. The summed E-state index contributed by atoms with van der Waals surface area (Å²) < 4.78 is 5.01. The van der Waals surface area contributed by atoms with Crippen molar-refractivity contribution in [3.8, 4) is 0 Å². The Labute approximate surface area is 115 Å². The topological polar surface area (TPSA) is 54.5 Å². The van der Waals surface area contributed by atoms with E-state index in [1.807, 2.05) is 32.9 Å². The molecule has 0 bridgehead atoms. The van der Waals surface area contributed by atoms with Gasteiger partial charge in [0.25, 0.3) is 5.91 Å². The molecule has 0 atom stereocenters. The van der Waals surface area contributed by atoms with Crippen molar-refractivity contribution in [2.45, 2.75) is 26.8 Å². The van der Waals surface area contributed by atoms with Gasteiger partial charge in [-0.05, 0) is 32.9 Å². The molecule has 106 valence electrons. The average molecular weight is 265 g/mol. The van der Waals surface area contributed by atoms with E-state index in [-0.39, 0.29) is 11.9 Å². The monoisotopic (exact) mass is 265 g/mol. The highest BCUT2D eigenvalue weighted by molar-refractivity contribution is 5.92. The minimum atomic E-state index is -0.0630. The van der Waals surface area contributed by atoms with Crippen LogP contribution in [0.2, 0.25) is 0 Å². The predicted octanol–water partition coefficient (Wildman–Crippen LogP) is 2.01. The molecule has 1 heterocycles. The third-order valence-corrected chi connectivity index (χ3v) is 2.64. The van der Waals surface area contributed by atoms with Gasteiger partial charge in [-0.1, -0.05) is 6.07 Å². The molecule has 0 aliphatic rings. The maximum atomic E-state index is 12.3. The molecule has 5 nitrogen and oxygen atoms in total. The molecule has 1 rings (SSSR count). The number of nitrogens with zero attached hydrogens (tertiary/aromatic N) is 2. The summed E-state index contributed by atoms with van der Waals surface area (Å²) in [6, 6.07) is 5.73. The van der Waals surface area contributed by atoms with Gasteiger partial charge in [0.15, 0.2) is 0 Å². The Hall–Kier alpha value is -1.62. The lowest BCUT2D eigenvalue weighted by atomic mass is 10.3. The van der Waals surface area contributed by atoms with Crippen molar-refractivity contribution >= 4 is 11.7 Å². The normalized spacial score (nSPS) is 10.6. The van der Waals surface area contributed by atoms with Gasteiger partial charge in [-0.3, -0.25) is 4.79 Å². The van der Waals surface area contributed by atoms with Gasteiger partial charge in [0, 0.05) is 26.2 Å². The second kappa shape index (κ2) is 7.74. The second-order valence-corrected chi connectivity index (χ2v) is 4.58. The molecule has 0 saturated heterocycles. The van der Waals surface area contributed by atoms with Gasteiger partial charge < -0.3 is 15.0 Å². The number of hydrogen-bond donors (Lipinski definition) is 1. The first-order valence-corrected chi connectivity index (χ1v) is 6.60. The lowest BCUT2D eigenvalue weighted by Crippen LogP contribution is -2.34. The standard InChI is InChI=1S/C14H23N3O2/c1-5-17(9-10-19-4)14(18)12-7-6-8-13(16-12)15-11(2)3/h6-8,11H,5,9-10H2,1-4H3,(H,15,16). The van der Waals surface area contributed by atoms with Crippen LogP contribution in [0.4, 0.5) is 5.82 Å². The summed E-state index contributed by atoms with van der Waals surface area (Å²) in [5, 5.41) is 3.19. The number of rotatable bonds is 7. The van der Waals surface area contributed by atoms with E-state index in [0.29, 0.717) is 25.4 Å². The highest BCUT2D eigenvalue weighted by Gasteiger charge is 2.15. The van der Waals surface area contributed by atoms with Crippen LogP contribution in [0.1, 0.15) is 31.3 Å². The molecule has 0 saturated carbocycles. The Bertz CT molecular complexity index is 407. The Morgan fingerprint density at radius 1 is 1.47 bits per heavy atom. The van der Waals surface area contributed by atoms with Crippen LogP contribution in [0, 0.1) is 0 Å². The summed E-state index contributed by atoms with van der Waals surface area (Å²) in [5.74, 6) is 0.663. The Morgan fingerprint density at radius 2 is 2.21 bits per heavy atom. The zero-order chi connectivity index (χ0) is 14.3. The average Bonchev–Trinajstić information content (AvgIpc) is 2.39. The van der Waals surface area contributed by atoms with Gasteiger partial charge in [0.1, 0.15) is 11.5 Å². The van der Waals surface area contributed by atoms with Crippen LogP contribution in [0.15, 0.2) is 18.2 Å². The summed E-state index contributed by atoms with van der Waals surface area (Å²) in [6.45, 7) is 7.77. The van der Waals surface area contributed by atoms with Crippen molar-refractivity contribution in [1.82, 2.24) is 9.88 Å². The lowest BCUT2D eigenvalue weighted by molar-refractivity contribution is 0.0701. The van der Waals surface area contributed by atoms with Crippen molar-refractivity contribution < 1.29 is 9.53 Å². The van der Waals surface area contributed by atoms with E-state index in [1.54, 1.807) is 18.1 Å². The minimum Gasteiger partial charge on any atom is -0.383 e. The van der Waals surface area contributed by atoms with Crippen LogP contribution in [0.5, 0.6) is 0 Å². The molecule has 0 spiro atoms. The number of methoxy groups -OCH3 is 1. The lowest BCUT2D eigenvalue weighted by Gasteiger charge is -2.20.